The molecular formula is C13H10ClN3O4S2. The summed E-state index contributed by atoms with van der Waals surface area (Å²) in [6.45, 7) is 1.55. The normalized spacial score (nSPS) is 11.0. The number of nitriles is 1. The molecule has 1 heterocycles. The van der Waals surface area contributed by atoms with E-state index in [2.05, 4.69) is 0 Å². The largest absolute Gasteiger partial charge is 0.294 e. The van der Waals surface area contributed by atoms with Crippen LogP contribution in [0.3, 0.4) is 0 Å². The van der Waals surface area contributed by atoms with Crippen molar-refractivity contribution in [2.75, 3.05) is 10.8 Å². The van der Waals surface area contributed by atoms with Crippen molar-refractivity contribution >= 4 is 44.3 Å². The average Bonchev–Trinajstić information content (AvgIpc) is 2.95. The van der Waals surface area contributed by atoms with E-state index >= 15 is 0 Å². The number of hydrogen-bond donors (Lipinski definition) is 0. The minimum Gasteiger partial charge on any atom is -0.259 e. The molecule has 2 rings (SSSR count). The van der Waals surface area contributed by atoms with Crippen LogP contribution in [0.25, 0.3) is 0 Å². The van der Waals surface area contributed by atoms with Gasteiger partial charge < -0.3 is 0 Å². The lowest BCUT2D eigenvalue weighted by Gasteiger charge is -2.21. The van der Waals surface area contributed by atoms with Crippen LogP contribution in [-0.2, 0) is 10.0 Å². The van der Waals surface area contributed by atoms with E-state index in [9.17, 15) is 18.5 Å². The zero-order valence-corrected chi connectivity index (χ0v) is 14.2. The maximum Gasteiger partial charge on any atom is 0.294 e. The number of sulfonamides is 1. The Kier molecular flexibility index (Phi) is 4.89. The van der Waals surface area contributed by atoms with Crippen molar-refractivity contribution in [3.63, 3.8) is 0 Å². The summed E-state index contributed by atoms with van der Waals surface area (Å²) in [6.07, 6.45) is 0. The molecule has 0 amide bonds. The summed E-state index contributed by atoms with van der Waals surface area (Å²) in [6, 6.07) is 8.23. The van der Waals surface area contributed by atoms with Gasteiger partial charge in [-0.25, -0.2) is 8.42 Å². The van der Waals surface area contributed by atoms with Gasteiger partial charge in [0.25, 0.3) is 15.7 Å². The SMILES string of the molecule is CCN(c1ccc(C#N)cc1[N+](=O)[O-])S(=O)(=O)c1ccc(Cl)s1. The molecule has 0 saturated heterocycles. The molecule has 120 valence electrons. The van der Waals surface area contributed by atoms with Crippen molar-refractivity contribution in [3.8, 4) is 6.07 Å². The second-order valence-electron chi connectivity index (χ2n) is 4.30. The predicted molar refractivity (Wildman–Crippen MR) is 87.3 cm³/mol. The lowest BCUT2D eigenvalue weighted by atomic mass is 10.2. The van der Waals surface area contributed by atoms with E-state index in [-0.39, 0.29) is 22.0 Å². The highest BCUT2D eigenvalue weighted by molar-refractivity contribution is 7.94. The third-order valence-electron chi connectivity index (χ3n) is 2.95. The molecule has 0 spiro atoms. The zero-order valence-electron chi connectivity index (χ0n) is 11.8. The number of hydrogen-bond acceptors (Lipinski definition) is 6. The molecule has 0 bridgehead atoms. The van der Waals surface area contributed by atoms with Crippen LogP contribution in [0.2, 0.25) is 4.34 Å². The second kappa shape index (κ2) is 6.54. The molecule has 0 aliphatic carbocycles. The lowest BCUT2D eigenvalue weighted by Crippen LogP contribution is -2.30. The molecule has 0 saturated carbocycles. The van der Waals surface area contributed by atoms with Crippen molar-refractivity contribution < 1.29 is 13.3 Å². The van der Waals surface area contributed by atoms with E-state index in [1.54, 1.807) is 13.0 Å². The van der Waals surface area contributed by atoms with E-state index in [0.717, 1.165) is 21.7 Å². The van der Waals surface area contributed by atoms with Gasteiger partial charge in [0.2, 0.25) is 0 Å². The average molecular weight is 372 g/mol. The summed E-state index contributed by atoms with van der Waals surface area (Å²) in [4.78, 5) is 10.5. The van der Waals surface area contributed by atoms with E-state index in [1.807, 2.05) is 0 Å². The smallest absolute Gasteiger partial charge is 0.259 e. The lowest BCUT2D eigenvalue weighted by molar-refractivity contribution is -0.384. The highest BCUT2D eigenvalue weighted by Gasteiger charge is 2.30. The van der Waals surface area contributed by atoms with Crippen LogP contribution in [0.15, 0.2) is 34.5 Å². The van der Waals surface area contributed by atoms with Crippen molar-refractivity contribution in [3.05, 3.63) is 50.3 Å². The van der Waals surface area contributed by atoms with E-state index in [0.29, 0.717) is 4.34 Å². The van der Waals surface area contributed by atoms with Crippen LogP contribution in [0.1, 0.15) is 12.5 Å². The molecule has 0 aliphatic rings. The van der Waals surface area contributed by atoms with E-state index in [4.69, 9.17) is 16.9 Å². The Hall–Kier alpha value is -2.15. The fourth-order valence-electron chi connectivity index (χ4n) is 1.96. The number of benzene rings is 1. The molecule has 1 aromatic carbocycles. The molecule has 1 aromatic heterocycles. The van der Waals surface area contributed by atoms with Crippen molar-refractivity contribution in [1.29, 1.82) is 5.26 Å². The molecule has 7 nitrogen and oxygen atoms in total. The second-order valence-corrected chi connectivity index (χ2v) is 8.10. The minimum absolute atomic E-state index is 0.00933. The van der Waals surface area contributed by atoms with Crippen molar-refractivity contribution in [2.45, 2.75) is 11.1 Å². The van der Waals surface area contributed by atoms with Crippen molar-refractivity contribution in [2.24, 2.45) is 0 Å². The number of nitrogens with zero attached hydrogens (tertiary/aromatic N) is 3. The van der Waals surface area contributed by atoms with Gasteiger partial charge in [-0.05, 0) is 31.2 Å². The number of anilines is 1. The Morgan fingerprint density at radius 2 is 2.09 bits per heavy atom. The molecule has 0 radical (unpaired) electrons. The zero-order chi connectivity index (χ0) is 17.2. The maximum absolute atomic E-state index is 12.7. The van der Waals surface area contributed by atoms with Gasteiger partial charge in [0.1, 0.15) is 9.90 Å². The quantitative estimate of drug-likeness (QED) is 0.591. The Labute approximate surface area is 141 Å². The third kappa shape index (κ3) is 3.29. The summed E-state index contributed by atoms with van der Waals surface area (Å²) in [5.41, 5.74) is -0.466. The maximum atomic E-state index is 12.7. The first-order valence-corrected chi connectivity index (χ1v) is 8.91. The fourth-order valence-corrected chi connectivity index (χ4v) is 5.05. The first-order valence-electron chi connectivity index (χ1n) is 6.28. The molecule has 10 heteroatoms. The molecule has 0 unspecified atom stereocenters. The summed E-state index contributed by atoms with van der Waals surface area (Å²) >= 11 is 6.64. The highest BCUT2D eigenvalue weighted by atomic mass is 35.5. The Morgan fingerprint density at radius 3 is 2.57 bits per heavy atom. The van der Waals surface area contributed by atoms with Crippen LogP contribution in [0, 0.1) is 21.4 Å². The predicted octanol–water partition coefficient (Wildman–Crippen LogP) is 3.40. The van der Waals surface area contributed by atoms with Crippen LogP contribution in [0.5, 0.6) is 0 Å². The highest BCUT2D eigenvalue weighted by Crippen LogP contribution is 2.35. The molecule has 0 atom stereocenters. The molecule has 0 fully saturated rings. The summed E-state index contributed by atoms with van der Waals surface area (Å²) < 4.78 is 26.6. The first-order chi connectivity index (χ1) is 10.8. The van der Waals surface area contributed by atoms with Crippen LogP contribution in [0.4, 0.5) is 11.4 Å². The van der Waals surface area contributed by atoms with Gasteiger partial charge in [0.05, 0.1) is 20.9 Å². The monoisotopic (exact) mass is 371 g/mol. The number of halogens is 1. The Morgan fingerprint density at radius 1 is 1.39 bits per heavy atom. The Balaban J connectivity index is 2.62. The first kappa shape index (κ1) is 17.2. The van der Waals surface area contributed by atoms with Crippen LogP contribution < -0.4 is 4.31 Å². The van der Waals surface area contributed by atoms with Gasteiger partial charge >= 0.3 is 0 Å². The minimum atomic E-state index is -3.98. The van der Waals surface area contributed by atoms with E-state index < -0.39 is 20.6 Å². The number of nitro groups is 1. The molecule has 0 N–H and O–H groups in total. The van der Waals surface area contributed by atoms with Crippen LogP contribution in [-0.4, -0.2) is 19.9 Å². The molecular weight excluding hydrogens is 362 g/mol. The van der Waals surface area contributed by atoms with Crippen LogP contribution >= 0.6 is 22.9 Å². The third-order valence-corrected chi connectivity index (χ3v) is 6.54. The number of thiophene rings is 1. The summed E-state index contributed by atoms with van der Waals surface area (Å²) in [5, 5.41) is 20.1. The topological polar surface area (TPSA) is 104 Å². The van der Waals surface area contributed by atoms with Gasteiger partial charge in [-0.3, -0.25) is 14.4 Å². The van der Waals surface area contributed by atoms with Crippen molar-refractivity contribution in [1.82, 2.24) is 0 Å². The van der Waals surface area contributed by atoms with Gasteiger partial charge in [-0.2, -0.15) is 5.26 Å². The summed E-state index contributed by atoms with van der Waals surface area (Å²) in [7, 11) is -3.98. The fraction of sp³-hybridized carbons (Fsp3) is 0.154. The molecule has 2 aromatic rings. The van der Waals surface area contributed by atoms with Gasteiger partial charge in [-0.1, -0.05) is 11.6 Å². The number of nitro benzene ring substituents is 1. The van der Waals surface area contributed by atoms with E-state index in [1.165, 1.54) is 24.3 Å². The Bertz CT molecular complexity index is 902. The summed E-state index contributed by atoms with van der Waals surface area (Å²) in [5.74, 6) is 0. The standard InChI is InChI=1S/C13H10ClN3O4S2/c1-2-16(23(20,21)13-6-5-12(14)22-13)10-4-3-9(8-15)7-11(10)17(18)19/h3-7H,2H2,1H3. The number of rotatable bonds is 5. The van der Waals surface area contributed by atoms with Gasteiger partial charge in [0, 0.05) is 12.6 Å². The van der Waals surface area contributed by atoms with Gasteiger partial charge in [0.15, 0.2) is 0 Å². The molecule has 23 heavy (non-hydrogen) atoms. The molecule has 0 aliphatic heterocycles. The van der Waals surface area contributed by atoms with Gasteiger partial charge in [-0.15, -0.1) is 11.3 Å².